The number of hydrogen-bond donors (Lipinski definition) is 8. The van der Waals surface area contributed by atoms with Crippen LogP contribution in [0.5, 0.6) is 11.5 Å². The van der Waals surface area contributed by atoms with Crippen molar-refractivity contribution in [3.05, 3.63) is 59.7 Å². The fraction of sp³-hybridized carbons (Fsp3) is 0.541. The van der Waals surface area contributed by atoms with Crippen LogP contribution in [0, 0.1) is 5.92 Å². The van der Waals surface area contributed by atoms with Crippen molar-refractivity contribution in [3.8, 4) is 11.5 Å². The minimum Gasteiger partial charge on any atom is -0.508 e. The maximum Gasteiger partial charge on any atom is 0.326 e. The van der Waals surface area contributed by atoms with Gasteiger partial charge in [-0.3, -0.25) is 19.2 Å². The second-order valence-corrected chi connectivity index (χ2v) is 13.4. The predicted octanol–water partition coefficient (Wildman–Crippen LogP) is 1.97. The number of amides is 4. The van der Waals surface area contributed by atoms with E-state index in [4.69, 9.17) is 5.73 Å². The van der Waals surface area contributed by atoms with Crippen LogP contribution in [-0.4, -0.2) is 98.3 Å². The van der Waals surface area contributed by atoms with E-state index in [1.165, 1.54) is 50.4 Å². The molecule has 0 heterocycles. The third-order valence-corrected chi connectivity index (χ3v) is 8.77. The van der Waals surface area contributed by atoms with Crippen molar-refractivity contribution in [2.24, 2.45) is 11.7 Å². The zero-order valence-corrected chi connectivity index (χ0v) is 30.2. The number of unbranched alkanes of at least 4 members (excludes halogenated alkanes) is 4. The van der Waals surface area contributed by atoms with Crippen LogP contribution in [0.2, 0.25) is 0 Å². The molecule has 282 valence electrons. The van der Waals surface area contributed by atoms with E-state index in [-0.39, 0.29) is 24.3 Å². The number of carboxylic acid groups (broad SMARTS) is 1. The zero-order valence-electron chi connectivity index (χ0n) is 30.2. The summed E-state index contributed by atoms with van der Waals surface area (Å²) in [5, 5.41) is 47.4. The van der Waals surface area contributed by atoms with Gasteiger partial charge in [-0.15, -0.1) is 0 Å². The molecular formula is C37H55N5O9. The summed E-state index contributed by atoms with van der Waals surface area (Å²) in [5.41, 5.74) is 7.14. The maximum atomic E-state index is 14.0. The molecule has 0 spiro atoms. The number of hydrogen-bond acceptors (Lipinski definition) is 9. The molecule has 0 aliphatic heterocycles. The molecule has 6 atom stereocenters. The van der Waals surface area contributed by atoms with E-state index in [9.17, 15) is 44.4 Å². The Hall–Kier alpha value is -4.69. The molecule has 0 saturated heterocycles. The van der Waals surface area contributed by atoms with Crippen LogP contribution < -0.4 is 21.7 Å². The molecule has 0 aliphatic carbocycles. The second kappa shape index (κ2) is 20.9. The van der Waals surface area contributed by atoms with Gasteiger partial charge in [-0.05, 0) is 54.7 Å². The van der Waals surface area contributed by atoms with Crippen LogP contribution >= 0.6 is 0 Å². The Bertz CT molecular complexity index is 1430. The molecule has 4 amide bonds. The number of carbonyl (C=O) groups is 5. The number of aliphatic hydroxyl groups excluding tert-OH is 1. The number of nitrogens with two attached hydrogens (primary N) is 1. The summed E-state index contributed by atoms with van der Waals surface area (Å²) in [4.78, 5) is 67.0. The lowest BCUT2D eigenvalue weighted by molar-refractivity contribution is -0.145. The highest BCUT2D eigenvalue weighted by Crippen LogP contribution is 2.17. The van der Waals surface area contributed by atoms with Gasteiger partial charge in [0.05, 0.1) is 0 Å². The molecule has 14 heteroatoms. The molecule has 2 aromatic carbocycles. The molecule has 0 bridgehead atoms. The zero-order chi connectivity index (χ0) is 38.2. The third-order valence-electron chi connectivity index (χ3n) is 8.77. The van der Waals surface area contributed by atoms with Gasteiger partial charge in [-0.1, -0.05) is 77.1 Å². The SMILES string of the molecule is CCCCCCC[C@H](N)[C@@H](O)C(=O)N[C@@H](C)C(=O)NC(C(=O)N(C)[C@@H](Cc1ccc(O)cc1)C(=O)N[C@@H](Cc1ccc(O)cc1)C(=O)O)C(C)C. The third kappa shape index (κ3) is 13.9. The number of carbonyl (C=O) groups excluding carboxylic acids is 4. The summed E-state index contributed by atoms with van der Waals surface area (Å²) in [5.74, 6) is -4.73. The number of aliphatic hydroxyl groups is 1. The monoisotopic (exact) mass is 713 g/mol. The van der Waals surface area contributed by atoms with Gasteiger partial charge in [-0.2, -0.15) is 0 Å². The van der Waals surface area contributed by atoms with Crippen molar-refractivity contribution in [1.82, 2.24) is 20.9 Å². The molecule has 51 heavy (non-hydrogen) atoms. The van der Waals surface area contributed by atoms with E-state index in [1.54, 1.807) is 26.0 Å². The molecule has 14 nitrogen and oxygen atoms in total. The summed E-state index contributed by atoms with van der Waals surface area (Å²) >= 11 is 0. The van der Waals surface area contributed by atoms with E-state index < -0.39 is 71.8 Å². The molecule has 0 radical (unpaired) electrons. The Morgan fingerprint density at radius 2 is 1.27 bits per heavy atom. The number of benzene rings is 2. The first kappa shape index (κ1) is 42.5. The standard InChI is InChI=1S/C37H55N5O9/c1-6-7-8-9-10-11-28(38)32(45)35(48)39-23(4)33(46)41-31(22(2)3)36(49)42(5)30(21-25-14-18-27(44)19-15-25)34(47)40-29(37(50)51)20-24-12-16-26(43)17-13-24/h12-19,22-23,28-32,43-45H,6-11,20-21,38H2,1-5H3,(H,39,48)(H,40,47)(H,41,46)(H,50,51)/t23-,28-,29-,30-,31?,32+/m0/s1. The number of likely N-dealkylation sites (N-methyl/N-ethyl adjacent to an activating group) is 1. The number of carboxylic acids is 1. The lowest BCUT2D eigenvalue weighted by Gasteiger charge is -2.33. The molecule has 1 unspecified atom stereocenters. The molecule has 0 aromatic heterocycles. The molecule has 0 saturated carbocycles. The predicted molar refractivity (Wildman–Crippen MR) is 191 cm³/mol. The summed E-state index contributed by atoms with van der Waals surface area (Å²) in [6.07, 6.45) is 3.68. The Labute approximate surface area is 299 Å². The van der Waals surface area contributed by atoms with Crippen LogP contribution in [0.4, 0.5) is 0 Å². The van der Waals surface area contributed by atoms with Crippen molar-refractivity contribution in [1.29, 1.82) is 0 Å². The summed E-state index contributed by atoms with van der Waals surface area (Å²) in [6.45, 7) is 6.89. The summed E-state index contributed by atoms with van der Waals surface area (Å²) < 4.78 is 0. The Morgan fingerprint density at radius 3 is 1.78 bits per heavy atom. The van der Waals surface area contributed by atoms with Gasteiger partial charge < -0.3 is 47.0 Å². The molecule has 9 N–H and O–H groups in total. The van der Waals surface area contributed by atoms with Gasteiger partial charge in [0.1, 0.15) is 41.8 Å². The van der Waals surface area contributed by atoms with Gasteiger partial charge in [-0.25, -0.2) is 4.79 Å². The molecule has 0 fully saturated rings. The van der Waals surface area contributed by atoms with E-state index in [0.29, 0.717) is 17.5 Å². The quantitative estimate of drug-likeness (QED) is 0.0877. The first-order valence-electron chi connectivity index (χ1n) is 17.5. The van der Waals surface area contributed by atoms with Gasteiger partial charge in [0.15, 0.2) is 0 Å². The number of aliphatic carboxylic acids is 1. The molecular weight excluding hydrogens is 658 g/mol. The summed E-state index contributed by atoms with van der Waals surface area (Å²) in [6, 6.07) is 6.12. The highest BCUT2D eigenvalue weighted by Gasteiger charge is 2.36. The van der Waals surface area contributed by atoms with Crippen LogP contribution in [0.3, 0.4) is 0 Å². The van der Waals surface area contributed by atoms with Crippen molar-refractivity contribution >= 4 is 29.6 Å². The van der Waals surface area contributed by atoms with Gasteiger partial charge in [0.2, 0.25) is 17.7 Å². The molecule has 2 rings (SSSR count). The summed E-state index contributed by atoms with van der Waals surface area (Å²) in [7, 11) is 1.37. The topological polar surface area (TPSA) is 232 Å². The minimum absolute atomic E-state index is 0.00220. The normalized spacial score (nSPS) is 14.7. The number of phenolic OH excluding ortho intramolecular Hbond substituents is 2. The smallest absolute Gasteiger partial charge is 0.326 e. The Balaban J connectivity index is 2.20. The van der Waals surface area contributed by atoms with Gasteiger partial charge in [0.25, 0.3) is 5.91 Å². The van der Waals surface area contributed by atoms with Crippen molar-refractivity contribution in [2.45, 2.75) is 115 Å². The number of nitrogens with zero attached hydrogens (tertiary/aromatic N) is 1. The highest BCUT2D eigenvalue weighted by molar-refractivity contribution is 5.95. The highest BCUT2D eigenvalue weighted by atomic mass is 16.4. The van der Waals surface area contributed by atoms with Crippen molar-refractivity contribution in [3.63, 3.8) is 0 Å². The van der Waals surface area contributed by atoms with Crippen LogP contribution in [0.1, 0.15) is 77.3 Å². The molecule has 0 aliphatic rings. The van der Waals surface area contributed by atoms with Crippen molar-refractivity contribution < 1.29 is 44.4 Å². The minimum atomic E-state index is -1.53. The van der Waals surface area contributed by atoms with Crippen molar-refractivity contribution in [2.75, 3.05) is 7.05 Å². The lowest BCUT2D eigenvalue weighted by atomic mass is 9.98. The van der Waals surface area contributed by atoms with E-state index in [2.05, 4.69) is 22.9 Å². The van der Waals surface area contributed by atoms with Gasteiger partial charge >= 0.3 is 5.97 Å². The lowest BCUT2D eigenvalue weighted by Crippen LogP contribution is -2.60. The Morgan fingerprint density at radius 1 is 0.745 bits per heavy atom. The van der Waals surface area contributed by atoms with Crippen LogP contribution in [-0.2, 0) is 36.8 Å². The largest absolute Gasteiger partial charge is 0.508 e. The average Bonchev–Trinajstić information content (AvgIpc) is 3.09. The first-order chi connectivity index (χ1) is 24.0. The van der Waals surface area contributed by atoms with E-state index in [1.807, 2.05) is 0 Å². The fourth-order valence-electron chi connectivity index (χ4n) is 5.46. The number of phenols is 2. The number of aromatic hydroxyl groups is 2. The first-order valence-corrected chi connectivity index (χ1v) is 17.5. The van der Waals surface area contributed by atoms with Gasteiger partial charge in [0, 0.05) is 25.9 Å². The number of nitrogens with one attached hydrogen (secondary N) is 3. The number of rotatable bonds is 21. The maximum absolute atomic E-state index is 14.0. The van der Waals surface area contributed by atoms with Crippen LogP contribution in [0.25, 0.3) is 0 Å². The second-order valence-electron chi connectivity index (χ2n) is 13.4. The fourth-order valence-corrected chi connectivity index (χ4v) is 5.46. The average molecular weight is 714 g/mol. The van der Waals surface area contributed by atoms with E-state index in [0.717, 1.165) is 37.0 Å². The Kier molecular flexibility index (Phi) is 17.4. The van der Waals surface area contributed by atoms with Crippen LogP contribution in [0.15, 0.2) is 48.5 Å². The molecule has 2 aromatic rings. The van der Waals surface area contributed by atoms with E-state index >= 15 is 0 Å².